The summed E-state index contributed by atoms with van der Waals surface area (Å²) in [5.74, 6) is -0.427. The summed E-state index contributed by atoms with van der Waals surface area (Å²) in [6, 6.07) is 6.23. The Morgan fingerprint density at radius 2 is 2.19 bits per heavy atom. The number of carbonyl (C=O) groups is 1. The molecule has 2 rings (SSSR count). The van der Waals surface area contributed by atoms with Crippen LogP contribution in [0.1, 0.15) is 17.4 Å². The van der Waals surface area contributed by atoms with Crippen LogP contribution in [-0.4, -0.2) is 15.4 Å². The van der Waals surface area contributed by atoms with Crippen LogP contribution in [0.15, 0.2) is 34.9 Å². The second-order valence-corrected chi connectivity index (χ2v) is 5.47. The molecule has 0 saturated carbocycles. The zero-order chi connectivity index (χ0) is 15.6. The van der Waals surface area contributed by atoms with Crippen molar-refractivity contribution in [3.05, 3.63) is 55.8 Å². The molecule has 6 nitrogen and oxygen atoms in total. The monoisotopic (exact) mass is 371 g/mol. The highest BCUT2D eigenvalue weighted by Crippen LogP contribution is 2.26. The van der Waals surface area contributed by atoms with Crippen LogP contribution in [-0.2, 0) is 6.54 Å². The van der Waals surface area contributed by atoms with E-state index >= 15 is 0 Å². The highest BCUT2D eigenvalue weighted by Gasteiger charge is 2.18. The fraction of sp³-hybridized carbons (Fsp3) is 0.154. The van der Waals surface area contributed by atoms with Crippen molar-refractivity contribution >= 4 is 44.8 Å². The molecule has 0 aliphatic rings. The first kappa shape index (κ1) is 15.5. The largest absolute Gasteiger partial charge is 0.337 e. The molecule has 1 aromatic carbocycles. The molecule has 0 aliphatic carbocycles. The molecule has 1 amide bonds. The quantitative estimate of drug-likeness (QED) is 0.649. The third-order valence-corrected chi connectivity index (χ3v) is 4.08. The first-order valence-corrected chi connectivity index (χ1v) is 7.20. The van der Waals surface area contributed by atoms with Gasteiger partial charge in [0, 0.05) is 22.8 Å². The fourth-order valence-electron chi connectivity index (χ4n) is 1.82. The van der Waals surface area contributed by atoms with Crippen molar-refractivity contribution in [2.24, 2.45) is 0 Å². The number of benzene rings is 1. The number of hydrogen-bond acceptors (Lipinski definition) is 3. The molecular formula is C13H11BrClN3O3. The molecule has 0 unspecified atom stereocenters. The van der Waals surface area contributed by atoms with Crippen LogP contribution >= 0.6 is 27.5 Å². The van der Waals surface area contributed by atoms with Gasteiger partial charge in [-0.1, -0.05) is 11.6 Å². The van der Waals surface area contributed by atoms with E-state index in [9.17, 15) is 14.9 Å². The van der Waals surface area contributed by atoms with Crippen LogP contribution in [0.25, 0.3) is 0 Å². The number of nitrogens with one attached hydrogen (secondary N) is 1. The zero-order valence-electron chi connectivity index (χ0n) is 11.0. The highest BCUT2D eigenvalue weighted by molar-refractivity contribution is 9.10. The lowest BCUT2D eigenvalue weighted by Gasteiger charge is -2.08. The number of carbonyl (C=O) groups excluding carboxylic acids is 1. The van der Waals surface area contributed by atoms with Gasteiger partial charge in [0.25, 0.3) is 11.6 Å². The van der Waals surface area contributed by atoms with Crippen molar-refractivity contribution in [2.45, 2.75) is 13.5 Å². The Bertz CT molecular complexity index is 715. The lowest BCUT2D eigenvalue weighted by atomic mass is 10.3. The first-order chi connectivity index (χ1) is 9.92. The zero-order valence-corrected chi connectivity index (χ0v) is 13.3. The number of aryl methyl sites for hydroxylation is 1. The minimum absolute atomic E-state index is 0.115. The average molecular weight is 373 g/mol. The Kier molecular flexibility index (Phi) is 4.64. The number of amides is 1. The summed E-state index contributed by atoms with van der Waals surface area (Å²) >= 11 is 9.21. The summed E-state index contributed by atoms with van der Waals surface area (Å²) < 4.78 is 2.24. The van der Waals surface area contributed by atoms with Crippen molar-refractivity contribution in [1.29, 1.82) is 0 Å². The van der Waals surface area contributed by atoms with Crippen molar-refractivity contribution in [1.82, 2.24) is 4.57 Å². The van der Waals surface area contributed by atoms with Crippen molar-refractivity contribution in [2.75, 3.05) is 5.32 Å². The molecule has 0 fully saturated rings. The Morgan fingerprint density at radius 3 is 2.76 bits per heavy atom. The van der Waals surface area contributed by atoms with Gasteiger partial charge in [-0.2, -0.15) is 0 Å². The summed E-state index contributed by atoms with van der Waals surface area (Å²) in [4.78, 5) is 22.5. The van der Waals surface area contributed by atoms with E-state index in [0.717, 1.165) is 4.47 Å². The maximum Gasteiger partial charge on any atom is 0.287 e. The van der Waals surface area contributed by atoms with Gasteiger partial charge in [-0.25, -0.2) is 0 Å². The second kappa shape index (κ2) is 6.28. The van der Waals surface area contributed by atoms with Gasteiger partial charge in [0.2, 0.25) is 0 Å². The number of anilines is 1. The number of rotatable bonds is 4. The second-order valence-electron chi connectivity index (χ2n) is 4.21. The Hall–Kier alpha value is -1.86. The van der Waals surface area contributed by atoms with E-state index in [1.165, 1.54) is 16.8 Å². The molecule has 0 saturated heterocycles. The van der Waals surface area contributed by atoms with Crippen molar-refractivity contribution in [3.8, 4) is 0 Å². The van der Waals surface area contributed by atoms with E-state index in [4.69, 9.17) is 11.6 Å². The molecule has 0 radical (unpaired) electrons. The third kappa shape index (κ3) is 3.43. The maximum atomic E-state index is 12.2. The number of hydrogen-bond donors (Lipinski definition) is 1. The topological polar surface area (TPSA) is 77.2 Å². The number of aromatic nitrogens is 1. The molecule has 0 aliphatic heterocycles. The first-order valence-electron chi connectivity index (χ1n) is 6.03. The van der Waals surface area contributed by atoms with Crippen molar-refractivity contribution < 1.29 is 9.72 Å². The molecular weight excluding hydrogens is 362 g/mol. The van der Waals surface area contributed by atoms with Gasteiger partial charge < -0.3 is 9.88 Å². The maximum absolute atomic E-state index is 12.2. The van der Waals surface area contributed by atoms with Gasteiger partial charge in [-0.15, -0.1) is 0 Å². The molecule has 2 aromatic rings. The van der Waals surface area contributed by atoms with Gasteiger partial charge in [-0.3, -0.25) is 14.9 Å². The standard InChI is InChI=1S/C13H11BrClN3O3/c1-2-17-7-9(18(20)21)6-12(17)13(19)16-8-3-4-10(14)11(15)5-8/h3-7H,2H2,1H3,(H,16,19). The molecule has 1 N–H and O–H groups in total. The van der Waals surface area contributed by atoms with Gasteiger partial charge >= 0.3 is 0 Å². The minimum atomic E-state index is -0.528. The summed E-state index contributed by atoms with van der Waals surface area (Å²) in [6.45, 7) is 2.26. The lowest BCUT2D eigenvalue weighted by Crippen LogP contribution is -2.16. The molecule has 110 valence electrons. The molecule has 0 spiro atoms. The van der Waals surface area contributed by atoms with E-state index in [2.05, 4.69) is 21.2 Å². The van der Waals surface area contributed by atoms with Gasteiger partial charge in [0.05, 0.1) is 16.1 Å². The normalized spacial score (nSPS) is 10.4. The van der Waals surface area contributed by atoms with E-state index in [1.807, 2.05) is 0 Å². The van der Waals surface area contributed by atoms with Crippen LogP contribution < -0.4 is 5.32 Å². The highest BCUT2D eigenvalue weighted by atomic mass is 79.9. The Balaban J connectivity index is 2.27. The predicted molar refractivity (Wildman–Crippen MR) is 83.9 cm³/mol. The fourth-order valence-corrected chi connectivity index (χ4v) is 2.24. The van der Waals surface area contributed by atoms with Gasteiger partial charge in [-0.05, 0) is 41.1 Å². The molecule has 21 heavy (non-hydrogen) atoms. The summed E-state index contributed by atoms with van der Waals surface area (Å²) in [6.07, 6.45) is 1.34. The molecule has 0 bridgehead atoms. The predicted octanol–water partition coefficient (Wildman–Crippen LogP) is 4.08. The van der Waals surface area contributed by atoms with Crippen molar-refractivity contribution in [3.63, 3.8) is 0 Å². The Labute approximate surface area is 134 Å². The SMILES string of the molecule is CCn1cc([N+](=O)[O-])cc1C(=O)Nc1ccc(Br)c(Cl)c1. The number of halogens is 2. The third-order valence-electron chi connectivity index (χ3n) is 2.84. The van der Waals surface area contributed by atoms with E-state index in [0.29, 0.717) is 17.3 Å². The molecule has 8 heteroatoms. The van der Waals surface area contributed by atoms with E-state index < -0.39 is 10.8 Å². The molecule has 1 aromatic heterocycles. The lowest BCUT2D eigenvalue weighted by molar-refractivity contribution is -0.384. The molecule has 0 atom stereocenters. The minimum Gasteiger partial charge on any atom is -0.337 e. The summed E-state index contributed by atoms with van der Waals surface area (Å²) in [5.41, 5.74) is 0.624. The van der Waals surface area contributed by atoms with Gasteiger partial charge in [0.1, 0.15) is 5.69 Å². The smallest absolute Gasteiger partial charge is 0.287 e. The average Bonchev–Trinajstić information content (AvgIpc) is 2.87. The van der Waals surface area contributed by atoms with Gasteiger partial charge in [0.15, 0.2) is 0 Å². The van der Waals surface area contributed by atoms with Crippen LogP contribution in [0.3, 0.4) is 0 Å². The van der Waals surface area contributed by atoms with Crippen LogP contribution in [0.2, 0.25) is 5.02 Å². The molecule has 1 heterocycles. The summed E-state index contributed by atoms with van der Waals surface area (Å²) in [7, 11) is 0. The van der Waals surface area contributed by atoms with E-state index in [-0.39, 0.29) is 11.4 Å². The van der Waals surface area contributed by atoms with E-state index in [1.54, 1.807) is 25.1 Å². The summed E-state index contributed by atoms with van der Waals surface area (Å²) in [5, 5.41) is 13.9. The van der Waals surface area contributed by atoms with Crippen LogP contribution in [0.4, 0.5) is 11.4 Å². The van der Waals surface area contributed by atoms with Crippen LogP contribution in [0.5, 0.6) is 0 Å². The number of nitrogens with zero attached hydrogens (tertiary/aromatic N) is 2. The van der Waals surface area contributed by atoms with Crippen LogP contribution in [0, 0.1) is 10.1 Å². The number of nitro groups is 1. The Morgan fingerprint density at radius 1 is 1.48 bits per heavy atom.